The van der Waals surface area contributed by atoms with Crippen molar-refractivity contribution < 1.29 is 24.1 Å². The molecule has 0 bridgehead atoms. The molecule has 0 fully saturated rings. The Morgan fingerprint density at radius 1 is 1.29 bits per heavy atom. The van der Waals surface area contributed by atoms with Crippen LogP contribution in [-0.2, 0) is 14.5 Å². The van der Waals surface area contributed by atoms with Crippen LogP contribution in [0.4, 0.5) is 4.79 Å². The average molecular weight is 315 g/mol. The van der Waals surface area contributed by atoms with Gasteiger partial charge in [-0.15, -0.1) is 0 Å². The summed E-state index contributed by atoms with van der Waals surface area (Å²) in [6.45, 7) is 6.92. The molecule has 0 aliphatic heterocycles. The van der Waals surface area contributed by atoms with Crippen LogP contribution in [0, 0.1) is 6.92 Å². The minimum absolute atomic E-state index is 0.326. The van der Waals surface area contributed by atoms with Gasteiger partial charge in [-0.05, 0) is 39.3 Å². The van der Waals surface area contributed by atoms with E-state index in [2.05, 4.69) is 0 Å². The number of hydrogen-bond acceptors (Lipinski definition) is 5. The minimum Gasteiger partial charge on any atom is -0.451 e. The standard InChI is InChI=1S/C15H19ClO5/c1-10-7-5-6-8-12(10)13(17)20-21-15(3,4)9-11(2)19-14(16)18/h5-8,11H,9H2,1-4H3. The normalized spacial score (nSPS) is 12.6. The molecule has 1 aromatic carbocycles. The van der Waals surface area contributed by atoms with Crippen molar-refractivity contribution in [2.24, 2.45) is 0 Å². The van der Waals surface area contributed by atoms with Crippen LogP contribution in [0.2, 0.25) is 0 Å². The topological polar surface area (TPSA) is 61.8 Å². The molecule has 6 heteroatoms. The van der Waals surface area contributed by atoms with Gasteiger partial charge in [0.1, 0.15) is 11.7 Å². The number of aryl methyl sites for hydroxylation is 1. The predicted octanol–water partition coefficient (Wildman–Crippen LogP) is 4.02. The van der Waals surface area contributed by atoms with Crippen LogP contribution in [0.5, 0.6) is 0 Å². The van der Waals surface area contributed by atoms with Gasteiger partial charge in [-0.2, -0.15) is 4.89 Å². The van der Waals surface area contributed by atoms with Gasteiger partial charge in [-0.1, -0.05) is 18.2 Å². The van der Waals surface area contributed by atoms with Crippen molar-refractivity contribution in [3.8, 4) is 0 Å². The van der Waals surface area contributed by atoms with E-state index in [9.17, 15) is 9.59 Å². The van der Waals surface area contributed by atoms with Crippen LogP contribution in [0.25, 0.3) is 0 Å². The Kier molecular flexibility index (Phi) is 6.18. The molecular formula is C15H19ClO5. The Labute approximate surface area is 129 Å². The fourth-order valence-electron chi connectivity index (χ4n) is 1.92. The summed E-state index contributed by atoms with van der Waals surface area (Å²) in [5.74, 6) is -0.567. The van der Waals surface area contributed by atoms with Crippen LogP contribution in [-0.4, -0.2) is 23.1 Å². The average Bonchev–Trinajstić information content (AvgIpc) is 2.35. The highest BCUT2D eigenvalue weighted by molar-refractivity contribution is 6.61. The number of ether oxygens (including phenoxy) is 1. The smallest absolute Gasteiger partial charge is 0.404 e. The first kappa shape index (κ1) is 17.5. The Morgan fingerprint density at radius 2 is 1.90 bits per heavy atom. The van der Waals surface area contributed by atoms with Crippen LogP contribution in [0.1, 0.15) is 43.1 Å². The Balaban J connectivity index is 2.55. The summed E-state index contributed by atoms with van der Waals surface area (Å²) in [4.78, 5) is 32.6. The van der Waals surface area contributed by atoms with Crippen molar-refractivity contribution in [3.05, 3.63) is 35.4 Å². The minimum atomic E-state index is -0.879. The van der Waals surface area contributed by atoms with E-state index in [1.807, 2.05) is 19.1 Å². The Hall–Kier alpha value is -1.59. The SMILES string of the molecule is Cc1ccccc1C(=O)OOC(C)(C)CC(C)OC(=O)Cl. The monoisotopic (exact) mass is 314 g/mol. The molecule has 1 aromatic rings. The largest absolute Gasteiger partial charge is 0.451 e. The predicted molar refractivity (Wildman–Crippen MR) is 78.2 cm³/mol. The summed E-state index contributed by atoms with van der Waals surface area (Å²) in [6.07, 6.45) is -0.130. The lowest BCUT2D eigenvalue weighted by Gasteiger charge is -2.25. The number of hydrogen-bond donors (Lipinski definition) is 0. The van der Waals surface area contributed by atoms with Crippen molar-refractivity contribution in [1.82, 2.24) is 0 Å². The van der Waals surface area contributed by atoms with Crippen LogP contribution in [0.3, 0.4) is 0 Å². The molecule has 21 heavy (non-hydrogen) atoms. The van der Waals surface area contributed by atoms with Gasteiger partial charge in [0.25, 0.3) is 0 Å². The van der Waals surface area contributed by atoms with E-state index in [4.69, 9.17) is 26.1 Å². The van der Waals surface area contributed by atoms with Gasteiger partial charge in [0, 0.05) is 18.0 Å². The van der Waals surface area contributed by atoms with Gasteiger partial charge in [0.15, 0.2) is 0 Å². The molecule has 0 amide bonds. The van der Waals surface area contributed by atoms with E-state index >= 15 is 0 Å². The van der Waals surface area contributed by atoms with Crippen LogP contribution >= 0.6 is 11.6 Å². The molecule has 5 nitrogen and oxygen atoms in total. The maximum absolute atomic E-state index is 11.9. The number of rotatable bonds is 6. The van der Waals surface area contributed by atoms with Crippen LogP contribution in [0.15, 0.2) is 24.3 Å². The third-order valence-corrected chi connectivity index (χ3v) is 2.87. The highest BCUT2D eigenvalue weighted by Gasteiger charge is 2.27. The quantitative estimate of drug-likeness (QED) is 0.451. The van der Waals surface area contributed by atoms with Gasteiger partial charge in [0.2, 0.25) is 0 Å². The zero-order chi connectivity index (χ0) is 16.0. The van der Waals surface area contributed by atoms with Gasteiger partial charge in [-0.25, -0.2) is 9.59 Å². The van der Waals surface area contributed by atoms with E-state index in [1.165, 1.54) is 0 Å². The first-order valence-corrected chi connectivity index (χ1v) is 6.91. The molecule has 0 saturated heterocycles. The lowest BCUT2D eigenvalue weighted by molar-refractivity contribution is -0.311. The first-order chi connectivity index (χ1) is 9.71. The summed E-state index contributed by atoms with van der Waals surface area (Å²) in [5, 5.41) is 0. The lowest BCUT2D eigenvalue weighted by atomic mass is 10.0. The summed E-state index contributed by atoms with van der Waals surface area (Å²) >= 11 is 5.14. The molecule has 0 saturated carbocycles. The molecule has 0 heterocycles. The first-order valence-electron chi connectivity index (χ1n) is 6.53. The molecular weight excluding hydrogens is 296 g/mol. The summed E-state index contributed by atoms with van der Waals surface area (Å²) in [5.41, 5.74) is -0.457. The number of benzene rings is 1. The molecule has 0 aliphatic rings. The second-order valence-electron chi connectivity index (χ2n) is 5.40. The molecule has 1 atom stereocenters. The summed E-state index contributed by atoms with van der Waals surface area (Å²) in [7, 11) is 0. The van der Waals surface area contributed by atoms with E-state index in [0.29, 0.717) is 12.0 Å². The highest BCUT2D eigenvalue weighted by atomic mass is 35.5. The zero-order valence-electron chi connectivity index (χ0n) is 12.5. The zero-order valence-corrected chi connectivity index (χ0v) is 13.3. The molecule has 0 aromatic heterocycles. The maximum atomic E-state index is 11.9. The van der Waals surface area contributed by atoms with E-state index in [0.717, 1.165) is 5.56 Å². The molecule has 0 aliphatic carbocycles. The van der Waals surface area contributed by atoms with Gasteiger partial charge in [-0.3, -0.25) is 4.89 Å². The van der Waals surface area contributed by atoms with Gasteiger partial charge in [0.05, 0.1) is 5.56 Å². The number of carbonyl (C=O) groups excluding carboxylic acids is 2. The Morgan fingerprint density at radius 3 is 2.48 bits per heavy atom. The van der Waals surface area contributed by atoms with E-state index in [-0.39, 0.29) is 0 Å². The van der Waals surface area contributed by atoms with Gasteiger partial charge >= 0.3 is 11.4 Å². The van der Waals surface area contributed by atoms with Gasteiger partial charge < -0.3 is 4.74 Å². The maximum Gasteiger partial charge on any atom is 0.404 e. The van der Waals surface area contributed by atoms with Crippen molar-refractivity contribution >= 4 is 23.0 Å². The third-order valence-electron chi connectivity index (χ3n) is 2.78. The highest BCUT2D eigenvalue weighted by Crippen LogP contribution is 2.20. The lowest BCUT2D eigenvalue weighted by Crippen LogP contribution is -2.31. The second kappa shape index (κ2) is 7.43. The van der Waals surface area contributed by atoms with Crippen molar-refractivity contribution in [2.75, 3.05) is 0 Å². The van der Waals surface area contributed by atoms with Crippen molar-refractivity contribution in [2.45, 2.75) is 45.8 Å². The molecule has 1 unspecified atom stereocenters. The number of carbonyl (C=O) groups is 2. The fraction of sp³-hybridized carbons (Fsp3) is 0.467. The summed E-state index contributed by atoms with van der Waals surface area (Å²) < 4.78 is 4.80. The van der Waals surface area contributed by atoms with Crippen molar-refractivity contribution in [3.63, 3.8) is 0 Å². The molecule has 116 valence electrons. The molecule has 1 rings (SSSR count). The summed E-state index contributed by atoms with van der Waals surface area (Å²) in [6, 6.07) is 7.05. The van der Waals surface area contributed by atoms with E-state index < -0.39 is 23.1 Å². The van der Waals surface area contributed by atoms with Crippen molar-refractivity contribution in [1.29, 1.82) is 0 Å². The number of halogens is 1. The fourth-order valence-corrected chi connectivity index (χ4v) is 2.08. The third kappa shape index (κ3) is 6.14. The van der Waals surface area contributed by atoms with Crippen LogP contribution < -0.4 is 0 Å². The molecule has 0 N–H and O–H groups in total. The Bertz CT molecular complexity index is 513. The second-order valence-corrected chi connectivity index (χ2v) is 5.71. The molecule has 0 spiro atoms. The van der Waals surface area contributed by atoms with E-state index in [1.54, 1.807) is 32.9 Å². The molecule has 0 radical (unpaired) electrons.